The zero-order chi connectivity index (χ0) is 6.78. The van der Waals surface area contributed by atoms with Crippen LogP contribution in [0.5, 0.6) is 0 Å². The highest BCUT2D eigenvalue weighted by molar-refractivity contribution is 6.34. The largest absolute Gasteiger partial charge is 0.374 e. The summed E-state index contributed by atoms with van der Waals surface area (Å²) < 4.78 is 0. The summed E-state index contributed by atoms with van der Waals surface area (Å²) >= 11 is 16.0. The highest BCUT2D eigenvalue weighted by Crippen LogP contribution is 2.20. The van der Waals surface area contributed by atoms with Crippen LogP contribution in [0.2, 0.25) is 0 Å². The Balaban J connectivity index is 3.62. The van der Waals surface area contributed by atoms with Gasteiger partial charge in [-0.15, -0.1) is 23.2 Å². The second kappa shape index (κ2) is 3.11. The Hall–Kier alpha value is 0.830. The van der Waals surface area contributed by atoms with Crippen molar-refractivity contribution in [2.45, 2.75) is 17.4 Å². The van der Waals surface area contributed by atoms with Gasteiger partial charge in [0.2, 0.25) is 0 Å². The summed E-state index contributed by atoms with van der Waals surface area (Å²) in [5.41, 5.74) is 0. The lowest BCUT2D eigenvalue weighted by molar-refractivity contribution is 0.150. The molecule has 0 rings (SSSR count). The Bertz CT molecular complexity index is 68.2. The van der Waals surface area contributed by atoms with Gasteiger partial charge in [-0.3, -0.25) is 0 Å². The first-order chi connectivity index (χ1) is 3.48. The number of halogens is 3. The summed E-state index contributed by atoms with van der Waals surface area (Å²) in [6.45, 7) is 1.40. The highest BCUT2D eigenvalue weighted by Gasteiger charge is 2.25. The van der Waals surface area contributed by atoms with Gasteiger partial charge >= 0.3 is 0 Å². The average molecular weight is 177 g/mol. The fraction of sp³-hybridized carbons (Fsp3) is 1.00. The Morgan fingerprint density at radius 3 is 2.12 bits per heavy atom. The SMILES string of the molecule is CC(O)(Cl)C(Cl)CCl. The normalized spacial score (nSPS) is 22.1. The minimum atomic E-state index is -1.39. The van der Waals surface area contributed by atoms with E-state index >= 15 is 0 Å². The molecule has 0 heterocycles. The molecule has 0 aromatic heterocycles. The van der Waals surface area contributed by atoms with Crippen molar-refractivity contribution < 1.29 is 5.11 Å². The van der Waals surface area contributed by atoms with E-state index in [1.165, 1.54) is 6.92 Å². The van der Waals surface area contributed by atoms with Crippen molar-refractivity contribution >= 4 is 34.8 Å². The lowest BCUT2D eigenvalue weighted by atomic mass is 10.3. The molecule has 1 N–H and O–H groups in total. The lowest BCUT2D eigenvalue weighted by Gasteiger charge is -2.17. The van der Waals surface area contributed by atoms with Crippen LogP contribution < -0.4 is 0 Å². The summed E-state index contributed by atoms with van der Waals surface area (Å²) in [6, 6.07) is 0. The summed E-state index contributed by atoms with van der Waals surface area (Å²) in [7, 11) is 0. The van der Waals surface area contributed by atoms with Crippen LogP contribution in [-0.4, -0.2) is 21.4 Å². The molecule has 8 heavy (non-hydrogen) atoms. The van der Waals surface area contributed by atoms with Crippen LogP contribution in [0.25, 0.3) is 0 Å². The van der Waals surface area contributed by atoms with E-state index in [-0.39, 0.29) is 5.88 Å². The fourth-order valence-corrected chi connectivity index (χ4v) is 0.597. The maximum Gasteiger partial charge on any atom is 0.153 e. The Morgan fingerprint density at radius 2 is 2.12 bits per heavy atom. The Morgan fingerprint density at radius 1 is 1.75 bits per heavy atom. The highest BCUT2D eigenvalue weighted by atomic mass is 35.5. The van der Waals surface area contributed by atoms with Gasteiger partial charge < -0.3 is 5.11 Å². The van der Waals surface area contributed by atoms with Gasteiger partial charge in [-0.2, -0.15) is 0 Å². The van der Waals surface area contributed by atoms with Crippen LogP contribution in [0.15, 0.2) is 0 Å². The maximum atomic E-state index is 8.84. The molecule has 2 atom stereocenters. The molecule has 0 spiro atoms. The molecule has 0 aliphatic carbocycles. The van der Waals surface area contributed by atoms with Crippen LogP contribution in [-0.2, 0) is 0 Å². The second-order valence-electron chi connectivity index (χ2n) is 1.65. The number of hydrogen-bond donors (Lipinski definition) is 1. The molecule has 0 fully saturated rings. The molecule has 0 aliphatic heterocycles. The van der Waals surface area contributed by atoms with Crippen molar-refractivity contribution in [2.24, 2.45) is 0 Å². The van der Waals surface area contributed by atoms with E-state index in [2.05, 4.69) is 0 Å². The molecule has 0 saturated heterocycles. The van der Waals surface area contributed by atoms with Crippen molar-refractivity contribution in [1.82, 2.24) is 0 Å². The summed E-state index contributed by atoms with van der Waals surface area (Å²) in [5.74, 6) is 0.151. The summed E-state index contributed by atoms with van der Waals surface area (Å²) in [6.07, 6.45) is 0. The standard InChI is InChI=1S/C4H7Cl3O/c1-4(7,8)3(6)2-5/h3,8H,2H2,1H3. The molecule has 0 bridgehead atoms. The maximum absolute atomic E-state index is 8.84. The van der Waals surface area contributed by atoms with Crippen LogP contribution in [0.4, 0.5) is 0 Å². The van der Waals surface area contributed by atoms with Gasteiger partial charge in [0.15, 0.2) is 5.06 Å². The van der Waals surface area contributed by atoms with Gasteiger partial charge in [0.1, 0.15) is 0 Å². The van der Waals surface area contributed by atoms with Crippen molar-refractivity contribution in [3.05, 3.63) is 0 Å². The third-order valence-corrected chi connectivity index (χ3v) is 2.13. The molecule has 0 saturated carbocycles. The summed E-state index contributed by atoms with van der Waals surface area (Å²) in [4.78, 5) is 0. The fourth-order valence-electron chi connectivity index (χ4n) is 0.141. The Labute approximate surface area is 63.5 Å². The van der Waals surface area contributed by atoms with E-state index in [4.69, 9.17) is 39.9 Å². The van der Waals surface area contributed by atoms with Crippen LogP contribution >= 0.6 is 34.8 Å². The van der Waals surface area contributed by atoms with Crippen LogP contribution in [0, 0.1) is 0 Å². The Kier molecular flexibility index (Phi) is 3.44. The van der Waals surface area contributed by atoms with E-state index in [0.717, 1.165) is 0 Å². The number of alkyl halides is 3. The molecular weight excluding hydrogens is 170 g/mol. The van der Waals surface area contributed by atoms with Gasteiger partial charge in [0.25, 0.3) is 0 Å². The molecule has 1 nitrogen and oxygen atoms in total. The lowest BCUT2D eigenvalue weighted by Crippen LogP contribution is -2.29. The number of hydrogen-bond acceptors (Lipinski definition) is 1. The van der Waals surface area contributed by atoms with E-state index in [1.807, 2.05) is 0 Å². The van der Waals surface area contributed by atoms with Crippen molar-refractivity contribution in [1.29, 1.82) is 0 Å². The molecule has 4 heteroatoms. The van der Waals surface area contributed by atoms with Gasteiger partial charge in [0, 0.05) is 5.88 Å². The van der Waals surface area contributed by atoms with Crippen LogP contribution in [0.1, 0.15) is 6.92 Å². The predicted molar refractivity (Wildman–Crippen MR) is 36.8 cm³/mol. The van der Waals surface area contributed by atoms with Crippen molar-refractivity contribution in [3.63, 3.8) is 0 Å². The first-order valence-corrected chi connectivity index (χ1v) is 3.44. The molecule has 0 aromatic rings. The third-order valence-electron chi connectivity index (χ3n) is 0.707. The van der Waals surface area contributed by atoms with E-state index in [1.54, 1.807) is 0 Å². The molecule has 0 aliphatic rings. The average Bonchev–Trinajstić information content (AvgIpc) is 1.62. The molecule has 2 unspecified atom stereocenters. The molecule has 0 aromatic carbocycles. The minimum absolute atomic E-state index is 0.151. The second-order valence-corrected chi connectivity index (χ2v) is 3.25. The minimum Gasteiger partial charge on any atom is -0.374 e. The summed E-state index contributed by atoms with van der Waals surface area (Å²) in [5, 5.41) is 6.86. The van der Waals surface area contributed by atoms with Gasteiger partial charge in [-0.25, -0.2) is 0 Å². The zero-order valence-corrected chi connectivity index (χ0v) is 6.63. The monoisotopic (exact) mass is 176 g/mol. The molecule has 0 radical (unpaired) electrons. The predicted octanol–water partition coefficient (Wildman–Crippen LogP) is 1.78. The molecule has 50 valence electrons. The smallest absolute Gasteiger partial charge is 0.153 e. The zero-order valence-electron chi connectivity index (χ0n) is 4.37. The quantitative estimate of drug-likeness (QED) is 0.638. The van der Waals surface area contributed by atoms with Gasteiger partial charge in [0.05, 0.1) is 5.38 Å². The van der Waals surface area contributed by atoms with E-state index in [0.29, 0.717) is 0 Å². The van der Waals surface area contributed by atoms with E-state index in [9.17, 15) is 0 Å². The topological polar surface area (TPSA) is 20.2 Å². The van der Waals surface area contributed by atoms with E-state index < -0.39 is 10.4 Å². The first-order valence-electron chi connectivity index (χ1n) is 2.09. The molecular formula is C4H7Cl3O. The first kappa shape index (κ1) is 8.83. The third kappa shape index (κ3) is 2.98. The number of rotatable bonds is 2. The van der Waals surface area contributed by atoms with Crippen molar-refractivity contribution in [3.8, 4) is 0 Å². The van der Waals surface area contributed by atoms with Gasteiger partial charge in [-0.05, 0) is 6.92 Å². The van der Waals surface area contributed by atoms with Gasteiger partial charge in [-0.1, -0.05) is 11.6 Å². The van der Waals surface area contributed by atoms with Crippen molar-refractivity contribution in [2.75, 3.05) is 5.88 Å². The molecule has 0 amide bonds. The van der Waals surface area contributed by atoms with Crippen LogP contribution in [0.3, 0.4) is 0 Å². The number of aliphatic hydroxyl groups is 1.